The predicted molar refractivity (Wildman–Crippen MR) is 95.5 cm³/mol. The molecule has 134 valence electrons. The summed E-state index contributed by atoms with van der Waals surface area (Å²) >= 11 is 0. The Kier molecular flexibility index (Phi) is 6.11. The van der Waals surface area contributed by atoms with Crippen molar-refractivity contribution in [3.05, 3.63) is 52.3 Å². The lowest BCUT2D eigenvalue weighted by atomic mass is 10.1. The zero-order valence-corrected chi connectivity index (χ0v) is 14.6. The van der Waals surface area contributed by atoms with Gasteiger partial charge in [-0.3, -0.25) is 14.9 Å². The third-order valence-corrected chi connectivity index (χ3v) is 4.25. The number of aromatic nitrogens is 2. The highest BCUT2D eigenvalue weighted by Gasteiger charge is 2.25. The van der Waals surface area contributed by atoms with Crippen molar-refractivity contribution < 1.29 is 9.72 Å². The van der Waals surface area contributed by atoms with Crippen LogP contribution in [0.25, 0.3) is 5.69 Å². The van der Waals surface area contributed by atoms with Crippen LogP contribution >= 0.6 is 12.4 Å². The van der Waals surface area contributed by atoms with Crippen LogP contribution < -0.4 is 5.32 Å². The molecule has 0 aliphatic carbocycles. The molecule has 0 bridgehead atoms. The summed E-state index contributed by atoms with van der Waals surface area (Å²) in [4.78, 5) is 25.1. The number of nitrogens with one attached hydrogen (secondary N) is 1. The zero-order chi connectivity index (χ0) is 17.1. The topological polar surface area (TPSA) is 93.3 Å². The molecule has 0 radical (unpaired) electrons. The first-order valence-electron chi connectivity index (χ1n) is 7.86. The van der Waals surface area contributed by atoms with Crippen molar-refractivity contribution in [2.24, 2.45) is 0 Å². The second-order valence-electron chi connectivity index (χ2n) is 5.77. The van der Waals surface area contributed by atoms with E-state index < -0.39 is 4.92 Å². The van der Waals surface area contributed by atoms with E-state index in [1.54, 1.807) is 35.4 Å². The van der Waals surface area contributed by atoms with E-state index in [2.05, 4.69) is 10.4 Å². The Bertz CT molecular complexity index is 764. The summed E-state index contributed by atoms with van der Waals surface area (Å²) in [6.07, 6.45) is 3.57. The van der Waals surface area contributed by atoms with E-state index in [0.29, 0.717) is 30.5 Å². The van der Waals surface area contributed by atoms with Gasteiger partial charge in [0.05, 0.1) is 4.92 Å². The first-order chi connectivity index (χ1) is 11.6. The van der Waals surface area contributed by atoms with Gasteiger partial charge < -0.3 is 10.2 Å². The summed E-state index contributed by atoms with van der Waals surface area (Å²) in [5.41, 5.74) is 0.589. The van der Waals surface area contributed by atoms with Gasteiger partial charge in [-0.05, 0) is 32.0 Å². The molecule has 1 aromatic heterocycles. The van der Waals surface area contributed by atoms with E-state index in [9.17, 15) is 14.9 Å². The number of hydrogen-bond donors (Lipinski definition) is 1. The minimum Gasteiger partial charge on any atom is -0.336 e. The van der Waals surface area contributed by atoms with E-state index in [1.165, 1.54) is 10.7 Å². The summed E-state index contributed by atoms with van der Waals surface area (Å²) in [6, 6.07) is 8.22. The number of nitro benzene ring substituents is 1. The maximum absolute atomic E-state index is 12.6. The van der Waals surface area contributed by atoms with Crippen LogP contribution in [-0.2, 0) is 0 Å². The summed E-state index contributed by atoms with van der Waals surface area (Å²) in [5.74, 6) is -0.146. The average molecular weight is 366 g/mol. The minimum atomic E-state index is -0.458. The smallest absolute Gasteiger partial charge is 0.294 e. The van der Waals surface area contributed by atoms with Crippen molar-refractivity contribution in [3.63, 3.8) is 0 Å². The van der Waals surface area contributed by atoms with Gasteiger partial charge in [0.15, 0.2) is 5.69 Å². The normalized spacial score (nSPS) is 17.0. The predicted octanol–water partition coefficient (Wildman–Crippen LogP) is 2.03. The fraction of sp³-hybridized carbons (Fsp3) is 0.375. The van der Waals surface area contributed by atoms with Crippen molar-refractivity contribution in [2.75, 3.05) is 20.1 Å². The molecule has 1 aliphatic heterocycles. The Morgan fingerprint density at radius 2 is 2.12 bits per heavy atom. The molecule has 1 N–H and O–H groups in total. The number of hydrogen-bond acceptors (Lipinski definition) is 5. The van der Waals surface area contributed by atoms with E-state index in [4.69, 9.17) is 0 Å². The third kappa shape index (κ3) is 3.97. The number of para-hydroxylation sites is 2. The van der Waals surface area contributed by atoms with E-state index in [0.717, 1.165) is 12.8 Å². The largest absolute Gasteiger partial charge is 0.336 e. The zero-order valence-electron chi connectivity index (χ0n) is 13.8. The van der Waals surface area contributed by atoms with Crippen LogP contribution in [0.3, 0.4) is 0 Å². The Hall–Kier alpha value is -2.45. The standard InChI is InChI=1S/C16H19N5O3.ClH/c1-17-12-5-4-9-19(11-12)16(22)13-8-10-20(18-13)14-6-2-3-7-15(14)21(23)24;/h2-3,6-8,10,12,17H,4-5,9,11H2,1H3;1H. The first-order valence-corrected chi connectivity index (χ1v) is 7.86. The fourth-order valence-corrected chi connectivity index (χ4v) is 2.94. The van der Waals surface area contributed by atoms with Crippen LogP contribution in [0.2, 0.25) is 0 Å². The van der Waals surface area contributed by atoms with Gasteiger partial charge in [-0.2, -0.15) is 5.10 Å². The number of piperidine rings is 1. The highest BCUT2D eigenvalue weighted by molar-refractivity contribution is 5.92. The highest BCUT2D eigenvalue weighted by atomic mass is 35.5. The number of halogens is 1. The Morgan fingerprint density at radius 3 is 2.84 bits per heavy atom. The second kappa shape index (κ2) is 8.09. The maximum atomic E-state index is 12.6. The van der Waals surface area contributed by atoms with Gasteiger partial charge in [-0.1, -0.05) is 12.1 Å². The summed E-state index contributed by atoms with van der Waals surface area (Å²) in [7, 11) is 1.89. The molecule has 0 saturated carbocycles. The molecule has 1 unspecified atom stereocenters. The van der Waals surface area contributed by atoms with Gasteiger partial charge in [0.2, 0.25) is 0 Å². The van der Waals surface area contributed by atoms with Crippen molar-refractivity contribution in [3.8, 4) is 5.69 Å². The van der Waals surface area contributed by atoms with Crippen molar-refractivity contribution in [2.45, 2.75) is 18.9 Å². The number of nitro groups is 1. The number of benzene rings is 1. The van der Waals surface area contributed by atoms with Gasteiger partial charge in [0.25, 0.3) is 11.6 Å². The van der Waals surface area contributed by atoms with Crippen molar-refractivity contribution in [1.82, 2.24) is 20.0 Å². The van der Waals surface area contributed by atoms with Crippen molar-refractivity contribution >= 4 is 24.0 Å². The number of likely N-dealkylation sites (tertiary alicyclic amines) is 1. The lowest BCUT2D eigenvalue weighted by Gasteiger charge is -2.32. The molecule has 0 spiro atoms. The van der Waals surface area contributed by atoms with Crippen LogP contribution in [-0.4, -0.2) is 51.7 Å². The van der Waals surface area contributed by atoms with E-state index in [-0.39, 0.29) is 24.0 Å². The van der Waals surface area contributed by atoms with Crippen LogP contribution in [0.1, 0.15) is 23.3 Å². The van der Waals surface area contributed by atoms with Gasteiger partial charge >= 0.3 is 0 Å². The van der Waals surface area contributed by atoms with Crippen LogP contribution in [0.4, 0.5) is 5.69 Å². The quantitative estimate of drug-likeness (QED) is 0.661. The van der Waals surface area contributed by atoms with Crippen molar-refractivity contribution in [1.29, 1.82) is 0 Å². The number of carbonyl (C=O) groups is 1. The van der Waals surface area contributed by atoms with Gasteiger partial charge in [0, 0.05) is 31.4 Å². The Morgan fingerprint density at radius 1 is 1.36 bits per heavy atom. The molecule has 1 aliphatic rings. The monoisotopic (exact) mass is 365 g/mol. The molecule has 1 aromatic carbocycles. The molecular weight excluding hydrogens is 346 g/mol. The summed E-state index contributed by atoms with van der Waals surface area (Å²) in [5, 5.41) is 18.6. The molecule has 2 aromatic rings. The molecule has 1 atom stereocenters. The van der Waals surface area contributed by atoms with E-state index in [1.807, 2.05) is 7.05 Å². The number of rotatable bonds is 4. The molecule has 8 nitrogen and oxygen atoms in total. The van der Waals surface area contributed by atoms with Gasteiger partial charge in [0.1, 0.15) is 5.69 Å². The molecule has 2 heterocycles. The number of carbonyl (C=O) groups excluding carboxylic acids is 1. The summed E-state index contributed by atoms with van der Waals surface area (Å²) in [6.45, 7) is 1.35. The Labute approximate surface area is 151 Å². The number of likely N-dealkylation sites (N-methyl/N-ethyl adjacent to an activating group) is 1. The molecule has 25 heavy (non-hydrogen) atoms. The molecule has 9 heteroatoms. The van der Waals surface area contributed by atoms with Crippen LogP contribution in [0.15, 0.2) is 36.5 Å². The molecular formula is C16H20ClN5O3. The molecule has 1 amide bonds. The summed E-state index contributed by atoms with van der Waals surface area (Å²) < 4.78 is 1.38. The third-order valence-electron chi connectivity index (χ3n) is 4.25. The molecule has 1 fully saturated rings. The molecule has 3 rings (SSSR count). The van der Waals surface area contributed by atoms with Gasteiger partial charge in [-0.25, -0.2) is 4.68 Å². The minimum absolute atomic E-state index is 0. The first kappa shape index (κ1) is 18.9. The average Bonchev–Trinajstić information content (AvgIpc) is 3.11. The second-order valence-corrected chi connectivity index (χ2v) is 5.77. The SMILES string of the molecule is CNC1CCCN(C(=O)c2ccn(-c3ccccc3[N+](=O)[O-])n2)C1.Cl. The van der Waals surface area contributed by atoms with Crippen LogP contribution in [0, 0.1) is 10.1 Å². The number of amides is 1. The fourth-order valence-electron chi connectivity index (χ4n) is 2.94. The lowest BCUT2D eigenvalue weighted by Crippen LogP contribution is -2.47. The van der Waals surface area contributed by atoms with E-state index >= 15 is 0 Å². The number of nitrogens with zero attached hydrogens (tertiary/aromatic N) is 4. The molecule has 1 saturated heterocycles. The lowest BCUT2D eigenvalue weighted by molar-refractivity contribution is -0.384. The maximum Gasteiger partial charge on any atom is 0.294 e. The Balaban J connectivity index is 0.00000225. The van der Waals surface area contributed by atoms with Crippen LogP contribution in [0.5, 0.6) is 0 Å². The van der Waals surface area contributed by atoms with Gasteiger partial charge in [-0.15, -0.1) is 12.4 Å². The highest BCUT2D eigenvalue weighted by Crippen LogP contribution is 2.22.